The van der Waals surface area contributed by atoms with E-state index in [1.807, 2.05) is 13.1 Å². The fourth-order valence-electron chi connectivity index (χ4n) is 1.89. The number of hydrogen-bond acceptors (Lipinski definition) is 2. The van der Waals surface area contributed by atoms with E-state index >= 15 is 0 Å². The van der Waals surface area contributed by atoms with E-state index in [2.05, 4.69) is 39.6 Å². The van der Waals surface area contributed by atoms with Crippen molar-refractivity contribution in [2.24, 2.45) is 0 Å². The summed E-state index contributed by atoms with van der Waals surface area (Å²) < 4.78 is 14.0. The summed E-state index contributed by atoms with van der Waals surface area (Å²) in [5.41, 5.74) is 2.15. The fourth-order valence-corrected chi connectivity index (χ4v) is 2.88. The maximum absolute atomic E-state index is 13.5. The second-order valence-electron chi connectivity index (χ2n) is 3.83. The van der Waals surface area contributed by atoms with E-state index in [1.54, 1.807) is 23.5 Å². The molecule has 4 heteroatoms. The van der Waals surface area contributed by atoms with Crippen LogP contribution in [0.15, 0.2) is 34.1 Å². The highest BCUT2D eigenvalue weighted by molar-refractivity contribution is 9.10. The van der Waals surface area contributed by atoms with Crippen molar-refractivity contribution in [1.82, 2.24) is 5.32 Å². The minimum atomic E-state index is -0.226. The van der Waals surface area contributed by atoms with Gasteiger partial charge >= 0.3 is 0 Å². The molecule has 0 saturated carbocycles. The van der Waals surface area contributed by atoms with Crippen molar-refractivity contribution in [3.63, 3.8) is 0 Å². The molecule has 0 aliphatic carbocycles. The van der Waals surface area contributed by atoms with Crippen LogP contribution in [0.5, 0.6) is 0 Å². The molecule has 2 aromatic rings. The molecule has 1 aromatic carbocycles. The van der Waals surface area contributed by atoms with Gasteiger partial charge in [0, 0.05) is 4.88 Å². The SMILES string of the molecule is CNC(c1ccc(Br)c(F)c1)c1ccsc1C. The summed E-state index contributed by atoms with van der Waals surface area (Å²) >= 11 is 4.88. The molecule has 1 unspecified atom stereocenters. The second kappa shape index (κ2) is 5.29. The van der Waals surface area contributed by atoms with Gasteiger partial charge in [-0.15, -0.1) is 11.3 Å². The van der Waals surface area contributed by atoms with Crippen LogP contribution in [0, 0.1) is 12.7 Å². The van der Waals surface area contributed by atoms with Crippen molar-refractivity contribution in [3.8, 4) is 0 Å². The van der Waals surface area contributed by atoms with Crippen LogP contribution in [0.4, 0.5) is 4.39 Å². The molecule has 1 aromatic heterocycles. The Morgan fingerprint density at radius 1 is 1.35 bits per heavy atom. The van der Waals surface area contributed by atoms with Crippen molar-refractivity contribution < 1.29 is 4.39 Å². The summed E-state index contributed by atoms with van der Waals surface area (Å²) in [6.07, 6.45) is 0. The molecule has 1 N–H and O–H groups in total. The van der Waals surface area contributed by atoms with E-state index in [9.17, 15) is 4.39 Å². The first-order valence-electron chi connectivity index (χ1n) is 5.29. The van der Waals surface area contributed by atoms with Crippen LogP contribution in [0.3, 0.4) is 0 Å². The molecule has 1 atom stereocenters. The Morgan fingerprint density at radius 3 is 2.65 bits per heavy atom. The van der Waals surface area contributed by atoms with Crippen LogP contribution in [0.1, 0.15) is 22.0 Å². The fraction of sp³-hybridized carbons (Fsp3) is 0.231. The number of nitrogens with one attached hydrogen (secondary N) is 1. The predicted molar refractivity (Wildman–Crippen MR) is 74.1 cm³/mol. The number of benzene rings is 1. The maximum Gasteiger partial charge on any atom is 0.137 e. The van der Waals surface area contributed by atoms with Crippen LogP contribution in [-0.4, -0.2) is 7.05 Å². The molecule has 0 radical (unpaired) electrons. The number of aryl methyl sites for hydroxylation is 1. The van der Waals surface area contributed by atoms with E-state index in [1.165, 1.54) is 10.4 Å². The molecule has 90 valence electrons. The van der Waals surface area contributed by atoms with Gasteiger partial charge in [-0.2, -0.15) is 0 Å². The Kier molecular flexibility index (Phi) is 3.97. The van der Waals surface area contributed by atoms with Gasteiger partial charge in [0.15, 0.2) is 0 Å². The van der Waals surface area contributed by atoms with E-state index in [0.717, 1.165) is 5.56 Å². The van der Waals surface area contributed by atoms with Crippen LogP contribution in [-0.2, 0) is 0 Å². The molecule has 0 aliphatic heterocycles. The Balaban J connectivity index is 2.42. The molecule has 1 heterocycles. The Labute approximate surface area is 113 Å². The zero-order valence-corrected chi connectivity index (χ0v) is 12.0. The van der Waals surface area contributed by atoms with Crippen LogP contribution >= 0.6 is 27.3 Å². The highest BCUT2D eigenvalue weighted by Gasteiger charge is 2.16. The van der Waals surface area contributed by atoms with Gasteiger partial charge < -0.3 is 5.32 Å². The van der Waals surface area contributed by atoms with Crippen LogP contribution in [0.2, 0.25) is 0 Å². The van der Waals surface area contributed by atoms with Gasteiger partial charge in [0.1, 0.15) is 5.82 Å². The number of rotatable bonds is 3. The van der Waals surface area contributed by atoms with E-state index in [4.69, 9.17) is 0 Å². The smallest absolute Gasteiger partial charge is 0.137 e. The predicted octanol–water partition coefficient (Wildman–Crippen LogP) is 4.27. The average Bonchev–Trinajstić information content (AvgIpc) is 2.71. The molecular weight excluding hydrogens is 301 g/mol. The zero-order chi connectivity index (χ0) is 12.4. The van der Waals surface area contributed by atoms with Crippen molar-refractivity contribution in [2.75, 3.05) is 7.05 Å². The first kappa shape index (κ1) is 12.7. The summed E-state index contributed by atoms with van der Waals surface area (Å²) in [6, 6.07) is 7.38. The standard InChI is InChI=1S/C13H13BrFNS/c1-8-10(5-6-17-8)13(16-2)9-3-4-11(14)12(15)7-9/h3-7,13,16H,1-2H3. The summed E-state index contributed by atoms with van der Waals surface area (Å²) in [5, 5.41) is 5.29. The second-order valence-corrected chi connectivity index (χ2v) is 5.80. The Hall–Kier alpha value is -0.710. The largest absolute Gasteiger partial charge is 0.309 e. The lowest BCUT2D eigenvalue weighted by molar-refractivity contribution is 0.610. The molecule has 0 aliphatic rings. The number of thiophene rings is 1. The average molecular weight is 314 g/mol. The van der Waals surface area contributed by atoms with E-state index < -0.39 is 0 Å². The zero-order valence-electron chi connectivity index (χ0n) is 9.63. The highest BCUT2D eigenvalue weighted by atomic mass is 79.9. The van der Waals surface area contributed by atoms with E-state index in [0.29, 0.717) is 4.47 Å². The highest BCUT2D eigenvalue weighted by Crippen LogP contribution is 2.29. The molecule has 2 rings (SSSR count). The molecule has 0 bridgehead atoms. The topological polar surface area (TPSA) is 12.0 Å². The lowest BCUT2D eigenvalue weighted by Gasteiger charge is -2.17. The summed E-state index contributed by atoms with van der Waals surface area (Å²) in [4.78, 5) is 1.26. The van der Waals surface area contributed by atoms with Crippen molar-refractivity contribution in [1.29, 1.82) is 0 Å². The molecule has 0 saturated heterocycles. The third kappa shape index (κ3) is 2.59. The lowest BCUT2D eigenvalue weighted by atomic mass is 10.00. The van der Waals surface area contributed by atoms with Gasteiger partial charge in [-0.3, -0.25) is 0 Å². The van der Waals surface area contributed by atoms with Crippen molar-refractivity contribution >= 4 is 27.3 Å². The quantitative estimate of drug-likeness (QED) is 0.892. The molecular formula is C13H13BrFNS. The van der Waals surface area contributed by atoms with Gasteiger partial charge in [0.05, 0.1) is 10.5 Å². The van der Waals surface area contributed by atoms with Crippen molar-refractivity contribution in [3.05, 3.63) is 55.9 Å². The Morgan fingerprint density at radius 2 is 2.12 bits per heavy atom. The van der Waals surface area contributed by atoms with E-state index in [-0.39, 0.29) is 11.9 Å². The third-order valence-electron chi connectivity index (χ3n) is 2.78. The molecule has 0 fully saturated rings. The lowest BCUT2D eigenvalue weighted by Crippen LogP contribution is -2.17. The minimum Gasteiger partial charge on any atom is -0.309 e. The molecule has 1 nitrogen and oxygen atoms in total. The molecule has 17 heavy (non-hydrogen) atoms. The van der Waals surface area contributed by atoms with Gasteiger partial charge in [0.2, 0.25) is 0 Å². The summed E-state index contributed by atoms with van der Waals surface area (Å²) in [7, 11) is 1.89. The monoisotopic (exact) mass is 313 g/mol. The summed E-state index contributed by atoms with van der Waals surface area (Å²) in [5.74, 6) is -0.226. The molecule has 0 spiro atoms. The van der Waals surface area contributed by atoms with Gasteiger partial charge in [-0.1, -0.05) is 6.07 Å². The third-order valence-corrected chi connectivity index (χ3v) is 4.28. The Bertz CT molecular complexity index is 524. The number of hydrogen-bond donors (Lipinski definition) is 1. The van der Waals surface area contributed by atoms with Gasteiger partial charge in [0.25, 0.3) is 0 Å². The first-order valence-corrected chi connectivity index (χ1v) is 6.97. The normalized spacial score (nSPS) is 12.7. The van der Waals surface area contributed by atoms with Crippen molar-refractivity contribution in [2.45, 2.75) is 13.0 Å². The maximum atomic E-state index is 13.5. The number of halogens is 2. The minimum absolute atomic E-state index is 0.0452. The first-order chi connectivity index (χ1) is 8.13. The molecule has 0 amide bonds. The van der Waals surface area contributed by atoms with Gasteiger partial charge in [-0.05, 0) is 64.6 Å². The van der Waals surface area contributed by atoms with Crippen LogP contribution in [0.25, 0.3) is 0 Å². The van der Waals surface area contributed by atoms with Gasteiger partial charge in [-0.25, -0.2) is 4.39 Å². The summed E-state index contributed by atoms with van der Waals surface area (Å²) in [6.45, 7) is 2.08. The van der Waals surface area contributed by atoms with Crippen LogP contribution < -0.4 is 5.32 Å².